The Balaban J connectivity index is 2.18. The van der Waals surface area contributed by atoms with Gasteiger partial charge >= 0.3 is 0 Å². The van der Waals surface area contributed by atoms with Crippen LogP contribution in [0.3, 0.4) is 0 Å². The fourth-order valence-electron chi connectivity index (χ4n) is 2.53. The number of nitrogen functional groups attached to an aromatic ring is 1. The molecule has 3 N–H and O–H groups in total. The lowest BCUT2D eigenvalue weighted by Gasteiger charge is -2.41. The Morgan fingerprint density at radius 2 is 2.19 bits per heavy atom. The van der Waals surface area contributed by atoms with Crippen LogP contribution in [0.15, 0.2) is 24.3 Å². The summed E-state index contributed by atoms with van der Waals surface area (Å²) >= 11 is 0. The van der Waals surface area contributed by atoms with Gasteiger partial charge in [0.05, 0.1) is 24.1 Å². The fraction of sp³-hybridized carbons (Fsp3) is 0.571. The van der Waals surface area contributed by atoms with Crippen LogP contribution in [0.25, 0.3) is 0 Å². The maximum absolute atomic E-state index is 12.6. The summed E-state index contributed by atoms with van der Waals surface area (Å²) in [4.78, 5) is 0. The predicted octanol–water partition coefficient (Wildman–Crippen LogP) is 0.570. The van der Waals surface area contributed by atoms with Crippen LogP contribution in [0.5, 0.6) is 0 Å². The molecule has 0 amide bonds. The Kier molecular flexibility index (Phi) is 4.57. The molecule has 1 aliphatic rings. The lowest BCUT2D eigenvalue weighted by molar-refractivity contribution is -0.131. The molecule has 1 aromatic rings. The Morgan fingerprint density at radius 1 is 1.48 bits per heavy atom. The summed E-state index contributed by atoms with van der Waals surface area (Å²) in [5.74, 6) is -0.105. The molecule has 1 aromatic carbocycles. The van der Waals surface area contributed by atoms with Crippen LogP contribution in [-0.4, -0.2) is 49.2 Å². The zero-order chi connectivity index (χ0) is 15.7. The van der Waals surface area contributed by atoms with E-state index in [2.05, 4.69) is 0 Å². The van der Waals surface area contributed by atoms with Crippen LogP contribution < -0.4 is 5.73 Å². The zero-order valence-corrected chi connectivity index (χ0v) is 13.1. The molecule has 1 atom stereocenters. The second-order valence-electron chi connectivity index (χ2n) is 5.98. The number of morpholine rings is 1. The van der Waals surface area contributed by atoms with Gasteiger partial charge in [0.15, 0.2) is 0 Å². The van der Waals surface area contributed by atoms with Gasteiger partial charge in [-0.3, -0.25) is 0 Å². The van der Waals surface area contributed by atoms with E-state index in [1.54, 1.807) is 24.3 Å². The molecule has 1 fully saturated rings. The van der Waals surface area contributed by atoms with E-state index in [-0.39, 0.29) is 25.4 Å². The zero-order valence-electron chi connectivity index (χ0n) is 12.3. The van der Waals surface area contributed by atoms with Crippen molar-refractivity contribution in [3.63, 3.8) is 0 Å². The molecule has 1 heterocycles. The lowest BCUT2D eigenvalue weighted by atomic mass is 10.1. The van der Waals surface area contributed by atoms with Gasteiger partial charge in [-0.1, -0.05) is 12.1 Å². The fourth-order valence-corrected chi connectivity index (χ4v) is 4.22. The third kappa shape index (κ3) is 4.16. The van der Waals surface area contributed by atoms with Crippen molar-refractivity contribution in [2.75, 3.05) is 25.4 Å². The number of anilines is 1. The number of hydrogen-bond acceptors (Lipinski definition) is 5. The standard InChI is InChI=1S/C14H22N2O4S/c1-14(2)10-16(7-13(8-17)20-14)21(18,19)9-11-4-3-5-12(15)6-11/h3-6,13,17H,7-10,15H2,1-2H3. The van der Waals surface area contributed by atoms with Gasteiger partial charge in [-0.25, -0.2) is 8.42 Å². The van der Waals surface area contributed by atoms with E-state index in [4.69, 9.17) is 10.5 Å². The Bertz CT molecular complexity index is 601. The SMILES string of the molecule is CC1(C)CN(S(=O)(=O)Cc2cccc(N)c2)CC(CO)O1. The van der Waals surface area contributed by atoms with Crippen LogP contribution in [0.2, 0.25) is 0 Å². The first-order chi connectivity index (χ1) is 9.72. The summed E-state index contributed by atoms with van der Waals surface area (Å²) in [6.45, 7) is 3.88. The third-order valence-electron chi connectivity index (χ3n) is 3.35. The molecular weight excluding hydrogens is 292 g/mol. The average molecular weight is 314 g/mol. The van der Waals surface area contributed by atoms with E-state index in [1.807, 2.05) is 13.8 Å². The van der Waals surface area contributed by atoms with Crippen molar-refractivity contribution in [3.05, 3.63) is 29.8 Å². The number of aliphatic hydroxyl groups excluding tert-OH is 1. The molecule has 1 saturated heterocycles. The molecule has 0 radical (unpaired) electrons. The third-order valence-corrected chi connectivity index (χ3v) is 5.11. The minimum atomic E-state index is -3.48. The predicted molar refractivity (Wildman–Crippen MR) is 81.1 cm³/mol. The van der Waals surface area contributed by atoms with Crippen molar-refractivity contribution >= 4 is 15.7 Å². The molecule has 7 heteroatoms. The Morgan fingerprint density at radius 3 is 2.81 bits per heavy atom. The van der Waals surface area contributed by atoms with Gasteiger partial charge in [0.1, 0.15) is 0 Å². The van der Waals surface area contributed by atoms with Gasteiger partial charge in [0.25, 0.3) is 0 Å². The molecule has 0 spiro atoms. The number of nitrogens with two attached hydrogens (primary N) is 1. The molecule has 21 heavy (non-hydrogen) atoms. The quantitative estimate of drug-likeness (QED) is 0.793. The van der Waals surface area contributed by atoms with Crippen LogP contribution in [0.1, 0.15) is 19.4 Å². The smallest absolute Gasteiger partial charge is 0.218 e. The molecular formula is C14H22N2O4S. The average Bonchev–Trinajstić information content (AvgIpc) is 2.36. The van der Waals surface area contributed by atoms with E-state index in [0.717, 1.165) is 0 Å². The summed E-state index contributed by atoms with van der Waals surface area (Å²) in [6.07, 6.45) is -0.496. The molecule has 1 unspecified atom stereocenters. The number of aliphatic hydroxyl groups is 1. The summed E-state index contributed by atoms with van der Waals surface area (Å²) in [5, 5.41) is 9.27. The summed E-state index contributed by atoms with van der Waals surface area (Å²) in [7, 11) is -3.48. The van der Waals surface area contributed by atoms with E-state index in [9.17, 15) is 13.5 Å². The molecule has 6 nitrogen and oxygen atoms in total. The molecule has 0 bridgehead atoms. The largest absolute Gasteiger partial charge is 0.399 e. The van der Waals surface area contributed by atoms with Crippen molar-refractivity contribution in [1.82, 2.24) is 4.31 Å². The highest BCUT2D eigenvalue weighted by atomic mass is 32.2. The highest BCUT2D eigenvalue weighted by molar-refractivity contribution is 7.88. The maximum Gasteiger partial charge on any atom is 0.218 e. The normalized spacial score (nSPS) is 23.1. The Labute approximate surface area is 125 Å². The second kappa shape index (κ2) is 5.92. The number of nitrogens with zero attached hydrogens (tertiary/aromatic N) is 1. The van der Waals surface area contributed by atoms with Gasteiger partial charge in [-0.2, -0.15) is 4.31 Å². The van der Waals surface area contributed by atoms with Gasteiger partial charge in [-0.05, 0) is 31.5 Å². The van der Waals surface area contributed by atoms with Crippen LogP contribution in [0.4, 0.5) is 5.69 Å². The van der Waals surface area contributed by atoms with Crippen molar-refractivity contribution in [2.45, 2.75) is 31.3 Å². The number of benzene rings is 1. The van der Waals surface area contributed by atoms with Crippen LogP contribution in [0, 0.1) is 0 Å². The van der Waals surface area contributed by atoms with Crippen molar-refractivity contribution in [2.24, 2.45) is 0 Å². The van der Waals surface area contributed by atoms with Crippen LogP contribution in [-0.2, 0) is 20.5 Å². The first kappa shape index (κ1) is 16.2. The van der Waals surface area contributed by atoms with E-state index in [0.29, 0.717) is 11.3 Å². The highest BCUT2D eigenvalue weighted by Gasteiger charge is 2.38. The summed E-state index contributed by atoms with van der Waals surface area (Å²) in [5.41, 5.74) is 6.26. The lowest BCUT2D eigenvalue weighted by Crippen LogP contribution is -2.55. The number of rotatable bonds is 4. The van der Waals surface area contributed by atoms with Gasteiger partial charge in [0, 0.05) is 18.8 Å². The molecule has 0 aromatic heterocycles. The summed E-state index contributed by atoms with van der Waals surface area (Å²) in [6, 6.07) is 6.85. The van der Waals surface area contributed by atoms with Gasteiger partial charge < -0.3 is 15.6 Å². The molecule has 2 rings (SSSR count). The molecule has 0 saturated carbocycles. The maximum atomic E-state index is 12.6. The van der Waals surface area contributed by atoms with Crippen LogP contribution >= 0.6 is 0 Å². The van der Waals surface area contributed by atoms with Crippen molar-refractivity contribution in [1.29, 1.82) is 0 Å². The molecule has 118 valence electrons. The minimum absolute atomic E-state index is 0.105. The second-order valence-corrected chi connectivity index (χ2v) is 7.94. The van der Waals surface area contributed by atoms with Crippen molar-refractivity contribution in [3.8, 4) is 0 Å². The number of sulfonamides is 1. The number of hydrogen-bond donors (Lipinski definition) is 2. The van der Waals surface area contributed by atoms with Crippen molar-refractivity contribution < 1.29 is 18.3 Å². The summed E-state index contributed by atoms with van der Waals surface area (Å²) < 4.78 is 32.2. The monoisotopic (exact) mass is 314 g/mol. The van der Waals surface area contributed by atoms with E-state index < -0.39 is 21.7 Å². The topological polar surface area (TPSA) is 92.9 Å². The van der Waals surface area contributed by atoms with E-state index >= 15 is 0 Å². The highest BCUT2D eigenvalue weighted by Crippen LogP contribution is 2.24. The molecule has 0 aliphatic carbocycles. The molecule has 1 aliphatic heterocycles. The first-order valence-corrected chi connectivity index (χ1v) is 8.44. The van der Waals surface area contributed by atoms with Gasteiger partial charge in [-0.15, -0.1) is 0 Å². The number of ether oxygens (including phenoxy) is 1. The Hall–Kier alpha value is -1.15. The van der Waals surface area contributed by atoms with E-state index in [1.165, 1.54) is 4.31 Å². The minimum Gasteiger partial charge on any atom is -0.399 e. The van der Waals surface area contributed by atoms with Gasteiger partial charge in [0.2, 0.25) is 10.0 Å². The first-order valence-electron chi connectivity index (χ1n) is 6.83.